The van der Waals surface area contributed by atoms with Crippen molar-refractivity contribution in [1.29, 1.82) is 0 Å². The van der Waals surface area contributed by atoms with E-state index in [1.54, 1.807) is 0 Å². The lowest BCUT2D eigenvalue weighted by molar-refractivity contribution is -0.138. The maximum absolute atomic E-state index is 10.5. The lowest BCUT2D eigenvalue weighted by Crippen LogP contribution is -2.17. The van der Waals surface area contributed by atoms with Crippen LogP contribution in [0.2, 0.25) is 0 Å². The van der Waals surface area contributed by atoms with Gasteiger partial charge in [0.15, 0.2) is 0 Å². The van der Waals surface area contributed by atoms with Gasteiger partial charge in [-0.15, -0.1) is 12.3 Å². The molecule has 2 heteroatoms. The topological polar surface area (TPSA) is 37.3 Å². The maximum atomic E-state index is 10.5. The minimum absolute atomic E-state index is 0.0556. The highest BCUT2D eigenvalue weighted by atomic mass is 16.4. The monoisotopic (exact) mass is 166 g/mol. The second-order valence-electron chi connectivity index (χ2n) is 3.53. The van der Waals surface area contributed by atoms with Crippen LogP contribution in [0.15, 0.2) is 0 Å². The van der Waals surface area contributed by atoms with Crippen LogP contribution < -0.4 is 0 Å². The van der Waals surface area contributed by atoms with Crippen molar-refractivity contribution >= 4 is 5.97 Å². The SMILES string of the molecule is C#CC(CC(=O)O)C1(CC)CC1. The molecule has 1 aliphatic carbocycles. The standard InChI is InChI=1S/C10H14O2/c1-3-8(7-9(11)12)10(4-2)5-6-10/h1,8H,4-7H2,2H3,(H,11,12). The third-order valence-electron chi connectivity index (χ3n) is 2.92. The molecule has 12 heavy (non-hydrogen) atoms. The summed E-state index contributed by atoms with van der Waals surface area (Å²) >= 11 is 0. The zero-order valence-electron chi connectivity index (χ0n) is 7.34. The smallest absolute Gasteiger partial charge is 0.304 e. The largest absolute Gasteiger partial charge is 0.481 e. The van der Waals surface area contributed by atoms with Crippen molar-refractivity contribution in [2.75, 3.05) is 0 Å². The molecule has 0 amide bonds. The molecule has 66 valence electrons. The van der Waals surface area contributed by atoms with Gasteiger partial charge in [0, 0.05) is 5.92 Å². The lowest BCUT2D eigenvalue weighted by Gasteiger charge is -2.18. The molecule has 1 fully saturated rings. The van der Waals surface area contributed by atoms with E-state index in [0.717, 1.165) is 19.3 Å². The van der Waals surface area contributed by atoms with Gasteiger partial charge in [-0.1, -0.05) is 6.92 Å². The van der Waals surface area contributed by atoms with Crippen LogP contribution in [0.25, 0.3) is 0 Å². The fourth-order valence-electron chi connectivity index (χ4n) is 1.74. The molecule has 0 aliphatic heterocycles. The molecule has 2 nitrogen and oxygen atoms in total. The number of carbonyl (C=O) groups is 1. The van der Waals surface area contributed by atoms with Gasteiger partial charge in [0.1, 0.15) is 0 Å². The summed E-state index contributed by atoms with van der Waals surface area (Å²) in [5.41, 5.74) is 0.174. The Kier molecular flexibility index (Phi) is 2.42. The Labute approximate surface area is 73.0 Å². The van der Waals surface area contributed by atoms with Crippen molar-refractivity contribution in [1.82, 2.24) is 0 Å². The van der Waals surface area contributed by atoms with E-state index in [9.17, 15) is 4.79 Å². The van der Waals surface area contributed by atoms with E-state index in [0.29, 0.717) is 0 Å². The van der Waals surface area contributed by atoms with Gasteiger partial charge in [-0.25, -0.2) is 0 Å². The molecule has 1 aliphatic rings. The van der Waals surface area contributed by atoms with Gasteiger partial charge in [0.2, 0.25) is 0 Å². The second-order valence-corrected chi connectivity index (χ2v) is 3.53. The van der Waals surface area contributed by atoms with Gasteiger partial charge in [-0.3, -0.25) is 4.79 Å². The van der Waals surface area contributed by atoms with Crippen LogP contribution in [-0.4, -0.2) is 11.1 Å². The van der Waals surface area contributed by atoms with Crippen molar-refractivity contribution in [3.63, 3.8) is 0 Å². The Morgan fingerprint density at radius 3 is 2.58 bits per heavy atom. The molecule has 0 bridgehead atoms. The van der Waals surface area contributed by atoms with E-state index in [2.05, 4.69) is 12.8 Å². The summed E-state index contributed by atoms with van der Waals surface area (Å²) < 4.78 is 0. The Morgan fingerprint density at radius 2 is 2.33 bits per heavy atom. The van der Waals surface area contributed by atoms with E-state index >= 15 is 0 Å². The first kappa shape index (κ1) is 9.12. The summed E-state index contributed by atoms with van der Waals surface area (Å²) in [5, 5.41) is 8.61. The van der Waals surface area contributed by atoms with Gasteiger partial charge >= 0.3 is 5.97 Å². The molecule has 0 aromatic carbocycles. The molecule has 1 unspecified atom stereocenters. The number of hydrogen-bond acceptors (Lipinski definition) is 1. The number of carboxylic acid groups (broad SMARTS) is 1. The summed E-state index contributed by atoms with van der Waals surface area (Å²) in [6, 6.07) is 0. The van der Waals surface area contributed by atoms with Gasteiger partial charge in [-0.05, 0) is 24.7 Å². The molecular weight excluding hydrogens is 152 g/mol. The molecule has 0 heterocycles. The van der Waals surface area contributed by atoms with Crippen molar-refractivity contribution in [2.24, 2.45) is 11.3 Å². The van der Waals surface area contributed by atoms with Crippen molar-refractivity contribution in [3.05, 3.63) is 0 Å². The quantitative estimate of drug-likeness (QED) is 0.648. The number of hydrogen-bond donors (Lipinski definition) is 1. The molecule has 1 saturated carbocycles. The normalized spacial score (nSPS) is 21.0. The summed E-state index contributed by atoms with van der Waals surface area (Å²) in [4.78, 5) is 10.5. The van der Waals surface area contributed by atoms with E-state index in [1.807, 2.05) is 0 Å². The minimum Gasteiger partial charge on any atom is -0.481 e. The van der Waals surface area contributed by atoms with Gasteiger partial charge < -0.3 is 5.11 Å². The van der Waals surface area contributed by atoms with E-state index < -0.39 is 5.97 Å². The predicted octanol–water partition coefficient (Wildman–Crippen LogP) is 1.90. The number of aliphatic carboxylic acids is 1. The van der Waals surface area contributed by atoms with Crippen LogP contribution in [0.3, 0.4) is 0 Å². The molecule has 1 N–H and O–H groups in total. The Balaban J connectivity index is 2.58. The second kappa shape index (κ2) is 3.18. The van der Waals surface area contributed by atoms with Crippen LogP contribution in [0.5, 0.6) is 0 Å². The molecule has 0 spiro atoms. The third-order valence-corrected chi connectivity index (χ3v) is 2.92. The van der Waals surface area contributed by atoms with Gasteiger partial charge in [0.05, 0.1) is 6.42 Å². The van der Waals surface area contributed by atoms with Crippen LogP contribution in [-0.2, 0) is 4.79 Å². The zero-order chi connectivity index (χ0) is 9.19. The molecule has 1 atom stereocenters. The number of carboxylic acids is 1. The highest BCUT2D eigenvalue weighted by molar-refractivity contribution is 5.67. The van der Waals surface area contributed by atoms with Crippen molar-refractivity contribution in [2.45, 2.75) is 32.6 Å². The van der Waals surface area contributed by atoms with E-state index in [1.165, 1.54) is 0 Å². The Hall–Kier alpha value is -0.970. The fraction of sp³-hybridized carbons (Fsp3) is 0.700. The van der Waals surface area contributed by atoms with Crippen LogP contribution in [0.1, 0.15) is 32.6 Å². The summed E-state index contributed by atoms with van der Waals surface area (Å²) in [5.74, 6) is 1.77. The summed E-state index contributed by atoms with van der Waals surface area (Å²) in [7, 11) is 0. The molecule has 0 aromatic rings. The first-order valence-electron chi connectivity index (χ1n) is 4.32. The zero-order valence-corrected chi connectivity index (χ0v) is 7.34. The average molecular weight is 166 g/mol. The van der Waals surface area contributed by atoms with E-state index in [-0.39, 0.29) is 17.8 Å². The maximum Gasteiger partial charge on any atom is 0.304 e. The Bertz CT molecular complexity index is 220. The van der Waals surface area contributed by atoms with Crippen molar-refractivity contribution in [3.8, 4) is 12.3 Å². The van der Waals surface area contributed by atoms with Crippen LogP contribution >= 0.6 is 0 Å². The van der Waals surface area contributed by atoms with Gasteiger partial charge in [0.25, 0.3) is 0 Å². The number of terminal acetylenes is 1. The minimum atomic E-state index is -0.780. The van der Waals surface area contributed by atoms with Crippen LogP contribution in [0, 0.1) is 23.7 Å². The highest BCUT2D eigenvalue weighted by Gasteiger charge is 2.47. The molecule has 0 aromatic heterocycles. The first-order chi connectivity index (χ1) is 5.64. The Morgan fingerprint density at radius 1 is 1.75 bits per heavy atom. The van der Waals surface area contributed by atoms with Crippen LogP contribution in [0.4, 0.5) is 0 Å². The molecular formula is C10H14O2. The lowest BCUT2D eigenvalue weighted by atomic mass is 9.85. The summed E-state index contributed by atoms with van der Waals surface area (Å²) in [6.45, 7) is 2.08. The molecule has 0 radical (unpaired) electrons. The van der Waals surface area contributed by atoms with E-state index in [4.69, 9.17) is 11.5 Å². The third kappa shape index (κ3) is 1.61. The highest BCUT2D eigenvalue weighted by Crippen LogP contribution is 2.55. The molecule has 0 saturated heterocycles. The summed E-state index contributed by atoms with van der Waals surface area (Å²) in [6.07, 6.45) is 8.65. The predicted molar refractivity (Wildman–Crippen MR) is 46.5 cm³/mol. The van der Waals surface area contributed by atoms with Gasteiger partial charge in [-0.2, -0.15) is 0 Å². The first-order valence-corrected chi connectivity index (χ1v) is 4.32. The number of rotatable bonds is 4. The fourth-order valence-corrected chi connectivity index (χ4v) is 1.74. The van der Waals surface area contributed by atoms with Crippen molar-refractivity contribution < 1.29 is 9.90 Å². The average Bonchev–Trinajstić information content (AvgIpc) is 2.80. The molecule has 1 rings (SSSR count).